The minimum absolute atomic E-state index is 0.236. The summed E-state index contributed by atoms with van der Waals surface area (Å²) in [5.41, 5.74) is 2.58. The van der Waals surface area contributed by atoms with Gasteiger partial charge in [0.05, 0.1) is 14.2 Å². The Morgan fingerprint density at radius 1 is 0.667 bits per heavy atom. The second-order valence-electron chi connectivity index (χ2n) is 9.04. The number of phenols is 2. The number of hydrogen-bond acceptors (Lipinski definition) is 4. The Balaban J connectivity index is 2.64. The lowest BCUT2D eigenvalue weighted by molar-refractivity contribution is 0.400. The summed E-state index contributed by atoms with van der Waals surface area (Å²) in [6.45, 7) is 12.3. The maximum Gasteiger partial charge on any atom is 0.123 e. The highest BCUT2D eigenvalue weighted by molar-refractivity contribution is 5.55. The van der Waals surface area contributed by atoms with E-state index in [1.807, 2.05) is 65.8 Å². The Labute approximate surface area is 162 Å². The lowest BCUT2D eigenvalue weighted by atomic mass is 9.82. The zero-order valence-electron chi connectivity index (χ0n) is 17.7. The number of aromatic hydroxyl groups is 2. The minimum atomic E-state index is -0.236. The van der Waals surface area contributed by atoms with Crippen LogP contribution in [-0.2, 0) is 17.3 Å². The fourth-order valence-corrected chi connectivity index (χ4v) is 3.18. The molecule has 0 unspecified atom stereocenters. The van der Waals surface area contributed by atoms with Gasteiger partial charge >= 0.3 is 0 Å². The summed E-state index contributed by atoms with van der Waals surface area (Å²) in [6, 6.07) is 7.37. The fourth-order valence-electron chi connectivity index (χ4n) is 3.18. The Bertz CT molecular complexity index is 754. The highest BCUT2D eigenvalue weighted by Gasteiger charge is 2.25. The largest absolute Gasteiger partial charge is 0.507 e. The molecule has 0 radical (unpaired) electrons. The zero-order chi connectivity index (χ0) is 20.6. The molecule has 4 nitrogen and oxygen atoms in total. The molecule has 0 saturated heterocycles. The van der Waals surface area contributed by atoms with Crippen molar-refractivity contribution in [1.29, 1.82) is 0 Å². The standard InChI is InChI=1S/C23H32O4/c1-22(2,3)18-12-16(26-7)10-14(20(18)24)9-15-11-17(27-8)13-19(21(15)25)23(4,5)6/h10-13,24-25H,9H2,1-8H3. The van der Waals surface area contributed by atoms with Gasteiger partial charge in [-0.25, -0.2) is 0 Å². The molecular weight excluding hydrogens is 340 g/mol. The monoisotopic (exact) mass is 372 g/mol. The van der Waals surface area contributed by atoms with Gasteiger partial charge in [-0.1, -0.05) is 41.5 Å². The van der Waals surface area contributed by atoms with Crippen LogP contribution in [0.5, 0.6) is 23.0 Å². The lowest BCUT2D eigenvalue weighted by Gasteiger charge is -2.25. The van der Waals surface area contributed by atoms with E-state index in [1.54, 1.807) is 14.2 Å². The van der Waals surface area contributed by atoms with Crippen LogP contribution in [0.2, 0.25) is 0 Å². The van der Waals surface area contributed by atoms with Crippen LogP contribution in [0.25, 0.3) is 0 Å². The van der Waals surface area contributed by atoms with Crippen molar-refractivity contribution in [2.75, 3.05) is 14.2 Å². The minimum Gasteiger partial charge on any atom is -0.507 e. The average molecular weight is 373 g/mol. The molecule has 0 aliphatic heterocycles. The molecule has 4 heteroatoms. The van der Waals surface area contributed by atoms with Crippen LogP contribution in [-0.4, -0.2) is 24.4 Å². The molecule has 0 aliphatic carbocycles. The molecule has 0 spiro atoms. The smallest absolute Gasteiger partial charge is 0.123 e. The number of rotatable bonds is 4. The second kappa shape index (κ2) is 7.34. The van der Waals surface area contributed by atoms with Gasteiger partial charge in [0.2, 0.25) is 0 Å². The van der Waals surface area contributed by atoms with E-state index in [1.165, 1.54) is 0 Å². The summed E-state index contributed by atoms with van der Waals surface area (Å²) < 4.78 is 10.9. The van der Waals surface area contributed by atoms with E-state index in [0.29, 0.717) is 29.0 Å². The third-order valence-electron chi connectivity index (χ3n) is 4.79. The van der Waals surface area contributed by atoms with Crippen molar-refractivity contribution < 1.29 is 19.7 Å². The molecule has 0 aromatic heterocycles. The number of methoxy groups -OCH3 is 2. The first-order chi connectivity index (χ1) is 12.4. The van der Waals surface area contributed by atoms with Crippen molar-refractivity contribution in [3.8, 4) is 23.0 Å². The fraction of sp³-hybridized carbons (Fsp3) is 0.478. The van der Waals surface area contributed by atoms with Crippen molar-refractivity contribution in [3.05, 3.63) is 46.5 Å². The van der Waals surface area contributed by atoms with Gasteiger partial charge in [-0.2, -0.15) is 0 Å². The molecule has 0 aliphatic rings. The van der Waals surface area contributed by atoms with Gasteiger partial charge in [-0.15, -0.1) is 0 Å². The Kier molecular flexibility index (Phi) is 5.69. The predicted octanol–water partition coefficient (Wildman–Crippen LogP) is 5.30. The molecule has 0 amide bonds. The van der Waals surface area contributed by atoms with Gasteiger partial charge in [0.25, 0.3) is 0 Å². The first kappa shape index (κ1) is 20.9. The van der Waals surface area contributed by atoms with E-state index in [2.05, 4.69) is 0 Å². The zero-order valence-corrected chi connectivity index (χ0v) is 17.7. The van der Waals surface area contributed by atoms with Gasteiger partial charge in [0, 0.05) is 28.7 Å². The second-order valence-corrected chi connectivity index (χ2v) is 9.04. The van der Waals surface area contributed by atoms with E-state index in [0.717, 1.165) is 11.1 Å². The van der Waals surface area contributed by atoms with E-state index < -0.39 is 0 Å². The first-order valence-electron chi connectivity index (χ1n) is 9.19. The Hall–Kier alpha value is -2.36. The molecule has 0 saturated carbocycles. The molecule has 2 N–H and O–H groups in total. The maximum atomic E-state index is 10.9. The number of ether oxygens (including phenoxy) is 2. The first-order valence-corrected chi connectivity index (χ1v) is 9.19. The van der Waals surface area contributed by atoms with Crippen molar-refractivity contribution >= 4 is 0 Å². The third kappa shape index (κ3) is 4.49. The highest BCUT2D eigenvalue weighted by atomic mass is 16.5. The predicted molar refractivity (Wildman–Crippen MR) is 110 cm³/mol. The Morgan fingerprint density at radius 3 is 1.26 bits per heavy atom. The Morgan fingerprint density at radius 2 is 1.00 bits per heavy atom. The molecule has 2 rings (SSSR count). The van der Waals surface area contributed by atoms with Crippen LogP contribution in [0, 0.1) is 0 Å². The summed E-state index contributed by atoms with van der Waals surface area (Å²) in [7, 11) is 3.23. The topological polar surface area (TPSA) is 58.9 Å². The number of benzene rings is 2. The third-order valence-corrected chi connectivity index (χ3v) is 4.79. The summed E-state index contributed by atoms with van der Waals surface area (Å²) >= 11 is 0. The molecule has 2 aromatic rings. The molecular formula is C23H32O4. The number of hydrogen-bond donors (Lipinski definition) is 2. The quantitative estimate of drug-likeness (QED) is 0.764. The molecule has 0 fully saturated rings. The van der Waals surface area contributed by atoms with E-state index >= 15 is 0 Å². The number of phenolic OH excluding ortho intramolecular Hbond substituents is 2. The van der Waals surface area contributed by atoms with E-state index in [4.69, 9.17) is 9.47 Å². The maximum absolute atomic E-state index is 10.9. The van der Waals surface area contributed by atoms with Crippen molar-refractivity contribution in [3.63, 3.8) is 0 Å². The summed E-state index contributed by atoms with van der Waals surface area (Å²) in [5.74, 6) is 1.85. The van der Waals surface area contributed by atoms with Gasteiger partial charge in [0.1, 0.15) is 23.0 Å². The molecule has 27 heavy (non-hydrogen) atoms. The normalized spacial score (nSPS) is 12.1. The van der Waals surface area contributed by atoms with Crippen molar-refractivity contribution in [2.45, 2.75) is 58.8 Å². The van der Waals surface area contributed by atoms with Crippen molar-refractivity contribution in [2.24, 2.45) is 0 Å². The molecule has 2 aromatic carbocycles. The summed E-state index contributed by atoms with van der Waals surface area (Å²) in [6.07, 6.45) is 0.373. The molecule has 0 heterocycles. The average Bonchev–Trinajstić information content (AvgIpc) is 2.56. The van der Waals surface area contributed by atoms with Crippen LogP contribution >= 0.6 is 0 Å². The van der Waals surface area contributed by atoms with Crippen LogP contribution in [0.4, 0.5) is 0 Å². The lowest BCUT2D eigenvalue weighted by Crippen LogP contribution is -2.13. The van der Waals surface area contributed by atoms with Crippen LogP contribution in [0.15, 0.2) is 24.3 Å². The van der Waals surface area contributed by atoms with Gasteiger partial charge in [-0.05, 0) is 35.1 Å². The van der Waals surface area contributed by atoms with Gasteiger partial charge in [0.15, 0.2) is 0 Å². The van der Waals surface area contributed by atoms with E-state index in [9.17, 15) is 10.2 Å². The van der Waals surface area contributed by atoms with E-state index in [-0.39, 0.29) is 22.3 Å². The van der Waals surface area contributed by atoms with Crippen molar-refractivity contribution in [1.82, 2.24) is 0 Å². The van der Waals surface area contributed by atoms with Gasteiger partial charge in [-0.3, -0.25) is 0 Å². The molecule has 148 valence electrons. The molecule has 0 bridgehead atoms. The highest BCUT2D eigenvalue weighted by Crippen LogP contribution is 2.41. The SMILES string of the molecule is COc1cc(Cc2cc(OC)cc(C(C)(C)C)c2O)c(O)c(C(C)(C)C)c1. The summed E-state index contributed by atoms with van der Waals surface area (Å²) in [4.78, 5) is 0. The van der Waals surface area contributed by atoms with Crippen LogP contribution in [0.3, 0.4) is 0 Å². The van der Waals surface area contributed by atoms with Crippen LogP contribution in [0.1, 0.15) is 63.8 Å². The van der Waals surface area contributed by atoms with Gasteiger partial charge < -0.3 is 19.7 Å². The summed E-state index contributed by atoms with van der Waals surface area (Å²) in [5, 5.41) is 21.8. The van der Waals surface area contributed by atoms with Crippen LogP contribution < -0.4 is 9.47 Å². The molecule has 0 atom stereocenters.